The number of carbonyl (C=O) groups excluding carboxylic acids is 1. The Balaban J connectivity index is 1.61. The average Bonchev–Trinajstić information content (AvgIpc) is 3.26. The van der Waals surface area contributed by atoms with E-state index in [0.717, 1.165) is 29.4 Å². The number of hydrogen-bond acceptors (Lipinski definition) is 6. The molecule has 2 aromatic carbocycles. The van der Waals surface area contributed by atoms with Crippen LogP contribution in [0.3, 0.4) is 0 Å². The summed E-state index contributed by atoms with van der Waals surface area (Å²) in [7, 11) is -3.94. The van der Waals surface area contributed by atoms with E-state index in [9.17, 15) is 18.0 Å². The van der Waals surface area contributed by atoms with Crippen molar-refractivity contribution >= 4 is 38.6 Å². The SMILES string of the molecule is CCC[C@@H](NS(=O)(=O)c1ccc(C)cc1)C(=O)Oc1cc2oc(=O)c3c(c2cc1Cl)CCC3. The van der Waals surface area contributed by atoms with Crippen LogP contribution in [0.5, 0.6) is 5.75 Å². The molecule has 0 saturated heterocycles. The Hall–Kier alpha value is -2.68. The van der Waals surface area contributed by atoms with Crippen LogP contribution in [-0.4, -0.2) is 20.4 Å². The van der Waals surface area contributed by atoms with Crippen molar-refractivity contribution in [1.82, 2.24) is 4.72 Å². The van der Waals surface area contributed by atoms with Crippen molar-refractivity contribution in [2.24, 2.45) is 0 Å². The van der Waals surface area contributed by atoms with Crippen molar-refractivity contribution < 1.29 is 22.4 Å². The lowest BCUT2D eigenvalue weighted by atomic mass is 10.1. The van der Waals surface area contributed by atoms with Crippen LogP contribution in [-0.2, 0) is 27.7 Å². The number of nitrogens with one attached hydrogen (secondary N) is 1. The van der Waals surface area contributed by atoms with E-state index in [1.165, 1.54) is 18.2 Å². The first-order chi connectivity index (χ1) is 15.7. The number of benzene rings is 2. The zero-order valence-corrected chi connectivity index (χ0v) is 19.9. The first-order valence-corrected chi connectivity index (χ1v) is 12.6. The second-order valence-corrected chi connectivity index (χ2v) is 10.3. The fourth-order valence-electron chi connectivity index (χ4n) is 4.03. The van der Waals surface area contributed by atoms with Gasteiger partial charge in [0.05, 0.1) is 9.92 Å². The van der Waals surface area contributed by atoms with E-state index in [0.29, 0.717) is 18.4 Å². The average molecular weight is 490 g/mol. The van der Waals surface area contributed by atoms with Crippen LogP contribution in [0.15, 0.2) is 50.5 Å². The van der Waals surface area contributed by atoms with E-state index in [1.54, 1.807) is 18.2 Å². The van der Waals surface area contributed by atoms with E-state index in [1.807, 2.05) is 13.8 Å². The molecule has 1 aliphatic carbocycles. The summed E-state index contributed by atoms with van der Waals surface area (Å²) in [5.74, 6) is -0.789. The quantitative estimate of drug-likeness (QED) is 0.301. The van der Waals surface area contributed by atoms with Crippen LogP contribution in [0.1, 0.15) is 42.9 Å². The molecule has 1 aromatic heterocycles. The van der Waals surface area contributed by atoms with Crippen molar-refractivity contribution in [3.8, 4) is 5.75 Å². The normalized spacial score (nSPS) is 14.3. The van der Waals surface area contributed by atoms with E-state index in [-0.39, 0.29) is 27.7 Å². The van der Waals surface area contributed by atoms with Crippen molar-refractivity contribution in [3.63, 3.8) is 0 Å². The first kappa shape index (κ1) is 23.5. The Morgan fingerprint density at radius 2 is 1.88 bits per heavy atom. The van der Waals surface area contributed by atoms with Crippen molar-refractivity contribution in [2.75, 3.05) is 0 Å². The number of fused-ring (bicyclic) bond motifs is 3. The van der Waals surface area contributed by atoms with Gasteiger partial charge in [-0.05, 0) is 56.4 Å². The van der Waals surface area contributed by atoms with Crippen LogP contribution < -0.4 is 15.1 Å². The number of carbonyl (C=O) groups is 1. The molecule has 0 spiro atoms. The van der Waals surface area contributed by atoms with Crippen LogP contribution in [0.4, 0.5) is 0 Å². The minimum absolute atomic E-state index is 0.00546. The Kier molecular flexibility index (Phi) is 6.61. The topological polar surface area (TPSA) is 103 Å². The third-order valence-corrected chi connectivity index (χ3v) is 7.51. The highest BCUT2D eigenvalue weighted by molar-refractivity contribution is 7.89. The summed E-state index contributed by atoms with van der Waals surface area (Å²) in [6.45, 7) is 3.68. The Bertz CT molecular complexity index is 1380. The summed E-state index contributed by atoms with van der Waals surface area (Å²) in [6.07, 6.45) is 3.07. The molecule has 1 aliphatic rings. The number of sulfonamides is 1. The van der Waals surface area contributed by atoms with Gasteiger partial charge in [-0.15, -0.1) is 0 Å². The van der Waals surface area contributed by atoms with Gasteiger partial charge in [0.15, 0.2) is 5.75 Å². The van der Waals surface area contributed by atoms with Gasteiger partial charge in [-0.2, -0.15) is 4.72 Å². The molecule has 1 heterocycles. The highest BCUT2D eigenvalue weighted by Crippen LogP contribution is 2.35. The molecule has 174 valence electrons. The number of ether oxygens (including phenoxy) is 1. The highest BCUT2D eigenvalue weighted by atomic mass is 35.5. The maximum absolute atomic E-state index is 12.9. The van der Waals surface area contributed by atoms with Gasteiger partial charge in [-0.3, -0.25) is 0 Å². The largest absolute Gasteiger partial charge is 0.424 e. The fraction of sp³-hybridized carbons (Fsp3) is 0.333. The van der Waals surface area contributed by atoms with E-state index < -0.39 is 27.7 Å². The predicted octanol–water partition coefficient (Wildman–Crippen LogP) is 4.30. The van der Waals surface area contributed by atoms with Crippen LogP contribution in [0.2, 0.25) is 5.02 Å². The van der Waals surface area contributed by atoms with Crippen molar-refractivity contribution in [3.05, 3.63) is 68.5 Å². The number of halogens is 1. The predicted molar refractivity (Wildman–Crippen MR) is 125 cm³/mol. The Morgan fingerprint density at radius 1 is 1.18 bits per heavy atom. The number of rotatable bonds is 7. The molecule has 0 bridgehead atoms. The van der Waals surface area contributed by atoms with Crippen LogP contribution >= 0.6 is 11.6 Å². The van der Waals surface area contributed by atoms with Gasteiger partial charge in [0.2, 0.25) is 10.0 Å². The molecule has 0 amide bonds. The Labute approximate surface area is 196 Å². The molecule has 0 unspecified atom stereocenters. The fourth-order valence-corrected chi connectivity index (χ4v) is 5.45. The maximum atomic E-state index is 12.9. The Morgan fingerprint density at radius 3 is 2.58 bits per heavy atom. The lowest BCUT2D eigenvalue weighted by molar-refractivity contribution is -0.136. The lowest BCUT2D eigenvalue weighted by Gasteiger charge is -2.18. The maximum Gasteiger partial charge on any atom is 0.339 e. The standard InChI is InChI=1S/C24H24ClNO6S/c1-3-5-20(26-33(29,30)15-10-8-14(2)9-11-15)24(28)32-22-13-21-18(12-19(22)25)16-6-4-7-17(16)23(27)31-21/h8-13,20,26H,3-7H2,1-2H3/t20-/m1/s1. The summed E-state index contributed by atoms with van der Waals surface area (Å²) in [4.78, 5) is 25.2. The zero-order chi connectivity index (χ0) is 23.8. The second kappa shape index (κ2) is 9.29. The van der Waals surface area contributed by atoms with E-state index >= 15 is 0 Å². The number of esters is 1. The summed E-state index contributed by atoms with van der Waals surface area (Å²) in [5.41, 5.74) is 2.37. The van der Waals surface area contributed by atoms with Gasteiger partial charge in [0.1, 0.15) is 11.6 Å². The lowest BCUT2D eigenvalue weighted by Crippen LogP contribution is -2.42. The van der Waals surface area contributed by atoms with Gasteiger partial charge >= 0.3 is 11.6 Å². The molecule has 0 fully saturated rings. The van der Waals surface area contributed by atoms with Gasteiger partial charge in [-0.1, -0.05) is 42.6 Å². The molecule has 1 atom stereocenters. The molecule has 9 heteroatoms. The molecule has 1 N–H and O–H groups in total. The third kappa shape index (κ3) is 4.83. The first-order valence-electron chi connectivity index (χ1n) is 10.8. The highest BCUT2D eigenvalue weighted by Gasteiger charge is 2.28. The molecule has 0 aliphatic heterocycles. The molecular weight excluding hydrogens is 466 g/mol. The van der Waals surface area contributed by atoms with Gasteiger partial charge < -0.3 is 9.15 Å². The van der Waals surface area contributed by atoms with Crippen LogP contribution in [0.25, 0.3) is 11.0 Å². The van der Waals surface area contributed by atoms with E-state index in [2.05, 4.69) is 4.72 Å². The molecule has 3 aromatic rings. The van der Waals surface area contributed by atoms with Gasteiger partial charge in [0.25, 0.3) is 0 Å². The molecular formula is C24H24ClNO6S. The van der Waals surface area contributed by atoms with Gasteiger partial charge in [-0.25, -0.2) is 18.0 Å². The molecule has 7 nitrogen and oxygen atoms in total. The molecule has 0 saturated carbocycles. The molecule has 0 radical (unpaired) electrons. The van der Waals surface area contributed by atoms with Crippen molar-refractivity contribution in [2.45, 2.75) is 56.9 Å². The molecule has 4 rings (SSSR count). The number of aryl methyl sites for hydroxylation is 2. The van der Waals surface area contributed by atoms with E-state index in [4.69, 9.17) is 20.8 Å². The smallest absolute Gasteiger partial charge is 0.339 e. The summed E-state index contributed by atoms with van der Waals surface area (Å²) in [5, 5.41) is 0.896. The van der Waals surface area contributed by atoms with Crippen molar-refractivity contribution in [1.29, 1.82) is 0 Å². The van der Waals surface area contributed by atoms with Gasteiger partial charge in [0, 0.05) is 17.0 Å². The van der Waals surface area contributed by atoms with Crippen LogP contribution in [0, 0.1) is 6.92 Å². The monoisotopic (exact) mass is 489 g/mol. The molecule has 33 heavy (non-hydrogen) atoms. The minimum Gasteiger partial charge on any atom is -0.424 e. The number of hydrogen-bond donors (Lipinski definition) is 1. The minimum atomic E-state index is -3.94. The summed E-state index contributed by atoms with van der Waals surface area (Å²) in [6, 6.07) is 8.24. The second-order valence-electron chi connectivity index (χ2n) is 8.18. The zero-order valence-electron chi connectivity index (χ0n) is 18.3. The summed E-state index contributed by atoms with van der Waals surface area (Å²) >= 11 is 6.38. The third-order valence-electron chi connectivity index (χ3n) is 5.73. The summed E-state index contributed by atoms with van der Waals surface area (Å²) < 4.78 is 38.9.